The Morgan fingerprint density at radius 1 is 1.18 bits per heavy atom. The van der Waals surface area contributed by atoms with E-state index in [1.54, 1.807) is 23.5 Å². The molecule has 0 radical (unpaired) electrons. The monoisotopic (exact) mass is 424 g/mol. The number of rotatable bonds is 4. The van der Waals surface area contributed by atoms with Crippen LogP contribution in [0.3, 0.4) is 0 Å². The molecule has 1 aliphatic heterocycles. The number of halogens is 2. The number of allylic oxidation sites excluding steroid dienone is 1. The average molecular weight is 426 g/mol. The highest BCUT2D eigenvalue weighted by molar-refractivity contribution is 8.01. The van der Waals surface area contributed by atoms with Crippen LogP contribution in [0.15, 0.2) is 24.3 Å². The highest BCUT2D eigenvalue weighted by Gasteiger charge is 2.08. The lowest BCUT2D eigenvalue weighted by Crippen LogP contribution is -2.16. The molecule has 0 atom stereocenters. The van der Waals surface area contributed by atoms with Crippen LogP contribution in [0.2, 0.25) is 0 Å². The number of thioether (sulfide) groups is 2. The van der Waals surface area contributed by atoms with Crippen molar-refractivity contribution < 1.29 is 10.2 Å². The first kappa shape index (κ1) is 25.6. The Morgan fingerprint density at radius 3 is 1.82 bits per heavy atom. The maximum absolute atomic E-state index is 9.23. The van der Waals surface area contributed by atoms with Crippen LogP contribution in [0.25, 0.3) is 0 Å². The van der Waals surface area contributed by atoms with Crippen LogP contribution in [-0.2, 0) is 0 Å². The minimum atomic E-state index is -0.336. The van der Waals surface area contributed by atoms with Gasteiger partial charge >= 0.3 is 0 Å². The molecule has 1 heterocycles. The summed E-state index contributed by atoms with van der Waals surface area (Å²) in [4.78, 5) is 0. The second-order valence-electron chi connectivity index (χ2n) is 4.47. The van der Waals surface area contributed by atoms with Gasteiger partial charge in [-0.1, -0.05) is 18.7 Å². The summed E-state index contributed by atoms with van der Waals surface area (Å²) in [5.41, 5.74) is 2.17. The Bertz CT molecular complexity index is 272. The van der Waals surface area contributed by atoms with Gasteiger partial charge in [0, 0.05) is 46.3 Å². The van der Waals surface area contributed by atoms with E-state index in [9.17, 15) is 5.11 Å². The van der Waals surface area contributed by atoms with Crippen LogP contribution < -0.4 is 0 Å². The summed E-state index contributed by atoms with van der Waals surface area (Å²) in [5.74, 6) is 5.73. The van der Waals surface area contributed by atoms with Crippen LogP contribution in [-0.4, -0.2) is 68.7 Å². The van der Waals surface area contributed by atoms with E-state index in [1.165, 1.54) is 5.57 Å². The van der Waals surface area contributed by atoms with Crippen LogP contribution in [0.1, 0.15) is 0 Å². The smallest absolute Gasteiger partial charge is 0.0721 e. The Morgan fingerprint density at radius 2 is 1.59 bits per heavy atom. The van der Waals surface area contributed by atoms with Crippen molar-refractivity contribution in [1.29, 1.82) is 0 Å². The molecule has 2 nitrogen and oxygen atoms in total. The molecule has 2 N–H and O–H groups in total. The number of hydrogen-bond acceptors (Lipinski definition) is 6. The highest BCUT2D eigenvalue weighted by Crippen LogP contribution is 2.18. The van der Waals surface area contributed by atoms with Crippen molar-refractivity contribution in [2.45, 2.75) is 12.2 Å². The van der Waals surface area contributed by atoms with Gasteiger partial charge in [0.1, 0.15) is 0 Å². The first-order chi connectivity index (χ1) is 10.4. The molecule has 22 heavy (non-hydrogen) atoms. The molecule has 132 valence electrons. The zero-order chi connectivity index (χ0) is 17.4. The molecule has 0 spiro atoms. The molecule has 0 aliphatic carbocycles. The molecular formula is C14H26Cl2O2S4. The Labute approximate surface area is 164 Å². The van der Waals surface area contributed by atoms with Crippen LogP contribution in [0.5, 0.6) is 0 Å². The first-order valence-corrected chi connectivity index (χ1v) is 11.2. The molecular weight excluding hydrogens is 399 g/mol. The van der Waals surface area contributed by atoms with Gasteiger partial charge in [0.2, 0.25) is 0 Å². The molecule has 1 saturated heterocycles. The predicted molar refractivity (Wildman–Crippen MR) is 114 cm³/mol. The van der Waals surface area contributed by atoms with Gasteiger partial charge in [0.25, 0.3) is 0 Å². The van der Waals surface area contributed by atoms with E-state index < -0.39 is 0 Å². The first-order valence-electron chi connectivity index (χ1n) is 6.59. The van der Waals surface area contributed by atoms with E-state index in [4.69, 9.17) is 28.3 Å². The molecule has 8 heteroatoms. The van der Waals surface area contributed by atoms with E-state index >= 15 is 0 Å². The molecule has 0 amide bonds. The quantitative estimate of drug-likeness (QED) is 0.316. The van der Waals surface area contributed by atoms with Crippen molar-refractivity contribution in [3.8, 4) is 0 Å². The van der Waals surface area contributed by atoms with Crippen LogP contribution in [0, 0.1) is 0 Å². The number of thiol groups is 2. The van der Waals surface area contributed by atoms with Crippen molar-refractivity contribution in [1.82, 2.24) is 0 Å². The zero-order valence-corrected chi connectivity index (χ0v) is 17.5. The normalized spacial score (nSPS) is 15.9. The number of aliphatic hydroxyl groups is 2. The Hall–Kier alpha value is 1.38. The van der Waals surface area contributed by atoms with Crippen LogP contribution in [0.4, 0.5) is 0 Å². The van der Waals surface area contributed by atoms with Crippen molar-refractivity contribution >= 4 is 72.0 Å². The fraction of sp³-hybridized carbons (Fsp3) is 0.714. The minimum Gasteiger partial charge on any atom is -0.391 e. The fourth-order valence-corrected chi connectivity index (χ4v) is 3.68. The average Bonchev–Trinajstić information content (AvgIpc) is 2.52. The number of hydrogen-bond donors (Lipinski definition) is 4. The molecule has 0 bridgehead atoms. The molecule has 0 unspecified atom stereocenters. The van der Waals surface area contributed by atoms with E-state index in [0.29, 0.717) is 23.3 Å². The second kappa shape index (κ2) is 18.7. The van der Waals surface area contributed by atoms with E-state index in [1.807, 2.05) is 0 Å². The maximum Gasteiger partial charge on any atom is 0.0721 e. The largest absolute Gasteiger partial charge is 0.391 e. The summed E-state index contributed by atoms with van der Waals surface area (Å²) >= 11 is 21.7. The second-order valence-corrected chi connectivity index (χ2v) is 7.80. The summed E-state index contributed by atoms with van der Waals surface area (Å²) < 4.78 is 0. The van der Waals surface area contributed by atoms with Crippen molar-refractivity contribution in [3.63, 3.8) is 0 Å². The lowest BCUT2D eigenvalue weighted by molar-refractivity contribution is 0.225. The lowest BCUT2D eigenvalue weighted by atomic mass is 10.4. The number of alkyl halides is 2. The predicted octanol–water partition coefficient (Wildman–Crippen LogP) is 3.61. The summed E-state index contributed by atoms with van der Waals surface area (Å²) in [6.45, 7) is 7.45. The topological polar surface area (TPSA) is 40.5 Å². The van der Waals surface area contributed by atoms with Crippen molar-refractivity contribution in [2.24, 2.45) is 0 Å². The Kier molecular flexibility index (Phi) is 21.8. The molecule has 1 rings (SSSR count). The molecule has 0 aromatic heterocycles. The van der Waals surface area contributed by atoms with Gasteiger partial charge in [-0.25, -0.2) is 0 Å². The minimum absolute atomic E-state index is 0.108. The van der Waals surface area contributed by atoms with Gasteiger partial charge in [-0.2, -0.15) is 48.8 Å². The molecule has 0 aromatic rings. The Balaban J connectivity index is 0. The third-order valence-corrected chi connectivity index (χ3v) is 6.10. The molecule has 1 fully saturated rings. The molecule has 1 aliphatic rings. The molecule has 0 saturated carbocycles. The van der Waals surface area contributed by atoms with E-state index in [0.717, 1.165) is 28.6 Å². The third-order valence-electron chi connectivity index (χ3n) is 2.03. The van der Waals surface area contributed by atoms with Crippen molar-refractivity contribution in [3.05, 3.63) is 24.3 Å². The van der Waals surface area contributed by atoms with Gasteiger partial charge in [0.15, 0.2) is 0 Å². The standard InChI is InChI=1S/C7H12OS2.C4H6Cl2.C3H8OS2/c1-6-2-9-4-7(8)5-10-3-6;1-4(2-5)3-6;4-3(1-5)2-6/h7-8H,1-5H2;1-3H2;3-6H,1-2H2. The van der Waals surface area contributed by atoms with Crippen LogP contribution >= 0.6 is 72.0 Å². The SMILES string of the molecule is C=C(CCl)CCl.C=C1CSCC(O)CSC1.OC(CS)CS. The summed E-state index contributed by atoms with van der Waals surface area (Å²) in [6, 6.07) is 0. The highest BCUT2D eigenvalue weighted by atomic mass is 35.5. The lowest BCUT2D eigenvalue weighted by Gasteiger charge is -2.14. The zero-order valence-electron chi connectivity index (χ0n) is 12.6. The van der Waals surface area contributed by atoms with Gasteiger partial charge in [0.05, 0.1) is 12.2 Å². The summed E-state index contributed by atoms with van der Waals surface area (Å²) in [7, 11) is 0. The van der Waals surface area contributed by atoms with E-state index in [2.05, 4.69) is 38.4 Å². The fourth-order valence-electron chi connectivity index (χ4n) is 0.862. The van der Waals surface area contributed by atoms with Gasteiger partial charge in [-0.3, -0.25) is 0 Å². The third kappa shape index (κ3) is 19.4. The van der Waals surface area contributed by atoms with E-state index in [-0.39, 0.29) is 12.2 Å². The summed E-state index contributed by atoms with van der Waals surface area (Å²) in [5, 5.41) is 17.7. The summed E-state index contributed by atoms with van der Waals surface area (Å²) in [6.07, 6.45) is -0.445. The van der Waals surface area contributed by atoms with Crippen molar-refractivity contribution in [2.75, 3.05) is 46.3 Å². The van der Waals surface area contributed by atoms with Gasteiger partial charge < -0.3 is 10.2 Å². The molecule has 0 aromatic carbocycles. The number of aliphatic hydroxyl groups excluding tert-OH is 2. The van der Waals surface area contributed by atoms with Gasteiger partial charge in [-0.15, -0.1) is 23.2 Å². The maximum atomic E-state index is 9.23. The van der Waals surface area contributed by atoms with Gasteiger partial charge in [-0.05, 0) is 5.57 Å².